The second-order valence-electron chi connectivity index (χ2n) is 3.73. The van der Waals surface area contributed by atoms with Crippen molar-refractivity contribution in [3.8, 4) is 0 Å². The van der Waals surface area contributed by atoms with Crippen LogP contribution in [0.4, 0.5) is 0 Å². The van der Waals surface area contributed by atoms with Crippen molar-refractivity contribution >= 4 is 15.6 Å². The highest BCUT2D eigenvalue weighted by atomic mass is 32.2. The van der Waals surface area contributed by atoms with Crippen molar-refractivity contribution in [2.45, 2.75) is 19.1 Å². The van der Waals surface area contributed by atoms with Crippen LogP contribution in [0.2, 0.25) is 0 Å². The van der Waals surface area contributed by atoms with Gasteiger partial charge in [0.1, 0.15) is 0 Å². The number of hydrogen-bond acceptors (Lipinski definition) is 4. The molecule has 15 heavy (non-hydrogen) atoms. The lowest BCUT2D eigenvalue weighted by atomic mass is 10.1. The Morgan fingerprint density at radius 1 is 1.47 bits per heavy atom. The molecule has 0 bridgehead atoms. The van der Waals surface area contributed by atoms with Crippen molar-refractivity contribution in [2.75, 3.05) is 5.75 Å². The first-order chi connectivity index (χ1) is 6.98. The third kappa shape index (κ3) is 2.07. The molecule has 1 aromatic rings. The maximum atomic E-state index is 11.3. The first-order valence-electron chi connectivity index (χ1n) is 4.67. The largest absolute Gasteiger partial charge is 0.294 e. The van der Waals surface area contributed by atoms with Crippen LogP contribution in [0.25, 0.3) is 0 Å². The van der Waals surface area contributed by atoms with Crippen molar-refractivity contribution in [3.05, 3.63) is 29.1 Å². The molecule has 0 N–H and O–H groups in total. The highest BCUT2D eigenvalue weighted by Gasteiger charge is 2.22. The molecule has 0 amide bonds. The lowest BCUT2D eigenvalue weighted by Gasteiger charge is -2.15. The molecular weight excluding hydrogens is 214 g/mol. The minimum absolute atomic E-state index is 0.000514. The van der Waals surface area contributed by atoms with Crippen LogP contribution in [0.3, 0.4) is 0 Å². The molecule has 5 heteroatoms. The van der Waals surface area contributed by atoms with Crippen molar-refractivity contribution in [1.29, 1.82) is 0 Å². The van der Waals surface area contributed by atoms with Crippen molar-refractivity contribution in [2.24, 2.45) is 0 Å². The molecule has 80 valence electrons. The van der Waals surface area contributed by atoms with Crippen LogP contribution in [0.15, 0.2) is 12.3 Å². The zero-order valence-electron chi connectivity index (χ0n) is 8.36. The number of nitrogens with zero attached hydrogens (tertiary/aromatic N) is 1. The number of carbonyl (C=O) groups is 1. The van der Waals surface area contributed by atoms with Crippen LogP contribution in [-0.2, 0) is 22.0 Å². The van der Waals surface area contributed by atoms with Crippen LogP contribution in [0.5, 0.6) is 0 Å². The van der Waals surface area contributed by atoms with Gasteiger partial charge in [-0.15, -0.1) is 0 Å². The van der Waals surface area contributed by atoms with Gasteiger partial charge < -0.3 is 0 Å². The Morgan fingerprint density at radius 3 is 2.87 bits per heavy atom. The predicted molar refractivity (Wildman–Crippen MR) is 55.4 cm³/mol. The predicted octanol–water partition coefficient (Wildman–Crippen LogP) is 0.755. The Balaban J connectivity index is 2.45. The highest BCUT2D eigenvalue weighted by Crippen LogP contribution is 2.19. The van der Waals surface area contributed by atoms with Gasteiger partial charge >= 0.3 is 0 Å². The summed E-state index contributed by atoms with van der Waals surface area (Å²) in [6, 6.07) is 1.75. The normalized spacial score (nSPS) is 18.2. The number of ketones is 1. The van der Waals surface area contributed by atoms with E-state index in [1.165, 1.54) is 13.1 Å². The number of fused-ring (bicyclic) bond motifs is 1. The van der Waals surface area contributed by atoms with Crippen molar-refractivity contribution < 1.29 is 13.2 Å². The molecule has 0 radical (unpaired) electrons. The summed E-state index contributed by atoms with van der Waals surface area (Å²) < 4.78 is 22.7. The lowest BCUT2D eigenvalue weighted by Crippen LogP contribution is -2.20. The van der Waals surface area contributed by atoms with Gasteiger partial charge in [-0.3, -0.25) is 9.78 Å². The molecule has 0 aromatic carbocycles. The molecule has 4 nitrogen and oxygen atoms in total. The molecule has 1 aliphatic heterocycles. The van der Waals surface area contributed by atoms with Gasteiger partial charge in [0, 0.05) is 11.8 Å². The molecule has 0 saturated carbocycles. The molecule has 2 heterocycles. The molecule has 1 aromatic heterocycles. The van der Waals surface area contributed by atoms with Gasteiger partial charge in [0.2, 0.25) is 0 Å². The van der Waals surface area contributed by atoms with Gasteiger partial charge in [0.25, 0.3) is 0 Å². The molecule has 0 fully saturated rings. The van der Waals surface area contributed by atoms with E-state index in [2.05, 4.69) is 4.98 Å². The second-order valence-corrected chi connectivity index (χ2v) is 5.91. The number of carbonyl (C=O) groups excluding carboxylic acids is 1. The van der Waals surface area contributed by atoms with Gasteiger partial charge in [-0.05, 0) is 25.0 Å². The average molecular weight is 225 g/mol. The van der Waals surface area contributed by atoms with Crippen LogP contribution >= 0.6 is 0 Å². The van der Waals surface area contributed by atoms with E-state index in [1.54, 1.807) is 6.07 Å². The lowest BCUT2D eigenvalue weighted by molar-refractivity contribution is 0.101. The van der Waals surface area contributed by atoms with E-state index >= 15 is 0 Å². The van der Waals surface area contributed by atoms with Gasteiger partial charge in [0.15, 0.2) is 15.6 Å². The maximum Gasteiger partial charge on any atom is 0.161 e. The van der Waals surface area contributed by atoms with Crippen LogP contribution in [0.1, 0.15) is 28.5 Å². The molecule has 0 unspecified atom stereocenters. The fraction of sp³-hybridized carbons (Fsp3) is 0.400. The fourth-order valence-corrected chi connectivity index (χ4v) is 2.98. The van der Waals surface area contributed by atoms with Crippen LogP contribution in [-0.4, -0.2) is 24.9 Å². The fourth-order valence-electron chi connectivity index (χ4n) is 1.62. The SMILES string of the molecule is CC(=O)c1cnc2c(c1)CCS(=O)(=O)C2. The molecule has 1 aliphatic rings. The first kappa shape index (κ1) is 10.3. The number of aryl methyl sites for hydroxylation is 1. The minimum Gasteiger partial charge on any atom is -0.294 e. The van der Waals surface area contributed by atoms with E-state index in [9.17, 15) is 13.2 Å². The van der Waals surface area contributed by atoms with Crippen molar-refractivity contribution in [3.63, 3.8) is 0 Å². The molecule has 0 spiro atoms. The Bertz CT molecular complexity index is 519. The summed E-state index contributed by atoms with van der Waals surface area (Å²) >= 11 is 0. The van der Waals surface area contributed by atoms with E-state index in [0.717, 1.165) is 5.56 Å². The number of aromatic nitrogens is 1. The molecule has 0 atom stereocenters. The average Bonchev–Trinajstić information content (AvgIpc) is 2.15. The molecule has 0 aliphatic carbocycles. The molecule has 0 saturated heterocycles. The zero-order valence-corrected chi connectivity index (χ0v) is 9.17. The van der Waals surface area contributed by atoms with Gasteiger partial charge in [-0.2, -0.15) is 0 Å². The minimum atomic E-state index is -2.98. The zero-order chi connectivity index (χ0) is 11.1. The number of Topliss-reactive ketones (excluding diaryl/α,β-unsaturated/α-hetero) is 1. The number of rotatable bonds is 1. The van der Waals surface area contributed by atoms with Crippen LogP contribution < -0.4 is 0 Å². The summed E-state index contributed by atoms with van der Waals surface area (Å²) in [6.07, 6.45) is 1.91. The van der Waals surface area contributed by atoms with Gasteiger partial charge in [-0.1, -0.05) is 0 Å². The molecular formula is C10H11NO3S. The topological polar surface area (TPSA) is 64.1 Å². The third-order valence-electron chi connectivity index (χ3n) is 2.51. The number of sulfone groups is 1. The summed E-state index contributed by atoms with van der Waals surface area (Å²) in [7, 11) is -2.98. The summed E-state index contributed by atoms with van der Waals surface area (Å²) in [4.78, 5) is 15.1. The van der Waals surface area contributed by atoms with E-state index in [0.29, 0.717) is 17.7 Å². The van der Waals surface area contributed by atoms with E-state index < -0.39 is 9.84 Å². The quantitative estimate of drug-likeness (QED) is 0.662. The van der Waals surface area contributed by atoms with E-state index in [-0.39, 0.29) is 17.3 Å². The van der Waals surface area contributed by atoms with Crippen molar-refractivity contribution in [1.82, 2.24) is 4.98 Å². The Kier molecular flexibility index (Phi) is 2.34. The molecule has 2 rings (SSSR count). The number of pyridine rings is 1. The van der Waals surface area contributed by atoms with E-state index in [1.807, 2.05) is 0 Å². The standard InChI is InChI=1S/C10H11NO3S/c1-7(12)9-4-8-2-3-15(13,14)6-10(8)11-5-9/h4-5H,2-3,6H2,1H3. The summed E-state index contributed by atoms with van der Waals surface area (Å²) in [5, 5.41) is 0. The number of hydrogen-bond donors (Lipinski definition) is 0. The third-order valence-corrected chi connectivity index (χ3v) is 4.04. The summed E-state index contributed by atoms with van der Waals surface area (Å²) in [5.74, 6) is 0.113. The Morgan fingerprint density at radius 2 is 2.20 bits per heavy atom. The first-order valence-corrected chi connectivity index (χ1v) is 6.49. The summed E-state index contributed by atoms with van der Waals surface area (Å²) in [6.45, 7) is 1.48. The van der Waals surface area contributed by atoms with Gasteiger partial charge in [-0.25, -0.2) is 8.42 Å². The summed E-state index contributed by atoms with van der Waals surface area (Å²) in [5.41, 5.74) is 2.02. The second kappa shape index (κ2) is 3.41. The maximum absolute atomic E-state index is 11.3. The Labute approximate surface area is 88.3 Å². The monoisotopic (exact) mass is 225 g/mol. The van der Waals surface area contributed by atoms with E-state index in [4.69, 9.17) is 0 Å². The smallest absolute Gasteiger partial charge is 0.161 e. The van der Waals surface area contributed by atoms with Crippen LogP contribution in [0, 0.1) is 0 Å². The Hall–Kier alpha value is -1.23. The highest BCUT2D eigenvalue weighted by molar-refractivity contribution is 7.90. The van der Waals surface area contributed by atoms with Gasteiger partial charge in [0.05, 0.1) is 17.2 Å².